The van der Waals surface area contributed by atoms with Crippen LogP contribution in [0.3, 0.4) is 0 Å². The van der Waals surface area contributed by atoms with Gasteiger partial charge < -0.3 is 10.1 Å². The van der Waals surface area contributed by atoms with Crippen LogP contribution in [0.15, 0.2) is 42.5 Å². The Labute approximate surface area is 113 Å². The molecular formula is C16H18FNO. The fourth-order valence-electron chi connectivity index (χ4n) is 2.27. The van der Waals surface area contributed by atoms with Gasteiger partial charge in [0.25, 0.3) is 0 Å². The molecule has 2 rings (SSSR count). The quantitative estimate of drug-likeness (QED) is 0.908. The van der Waals surface area contributed by atoms with Crippen LogP contribution in [0.2, 0.25) is 0 Å². The number of nitrogens with one attached hydrogen (secondary N) is 1. The second-order valence-electron chi connectivity index (χ2n) is 4.49. The van der Waals surface area contributed by atoms with Gasteiger partial charge in [-0.15, -0.1) is 0 Å². The molecule has 0 bridgehead atoms. The highest BCUT2D eigenvalue weighted by Gasteiger charge is 2.19. The molecule has 0 spiro atoms. The number of rotatable bonds is 4. The van der Waals surface area contributed by atoms with Crippen LogP contribution >= 0.6 is 0 Å². The van der Waals surface area contributed by atoms with Crippen LogP contribution in [0, 0.1) is 12.7 Å². The zero-order valence-corrected chi connectivity index (χ0v) is 11.4. The smallest absolute Gasteiger partial charge is 0.128 e. The zero-order chi connectivity index (χ0) is 13.8. The molecule has 0 aliphatic rings. The summed E-state index contributed by atoms with van der Waals surface area (Å²) < 4.78 is 19.4. The summed E-state index contributed by atoms with van der Waals surface area (Å²) in [7, 11) is 3.44. The molecular weight excluding hydrogens is 241 g/mol. The predicted molar refractivity (Wildman–Crippen MR) is 75.0 cm³/mol. The van der Waals surface area contributed by atoms with E-state index in [0.29, 0.717) is 5.56 Å². The van der Waals surface area contributed by atoms with Crippen molar-refractivity contribution in [2.24, 2.45) is 0 Å². The molecule has 19 heavy (non-hydrogen) atoms. The Bertz CT molecular complexity index is 568. The van der Waals surface area contributed by atoms with Crippen LogP contribution < -0.4 is 10.1 Å². The first kappa shape index (κ1) is 13.6. The number of aryl methyl sites for hydroxylation is 1. The molecule has 2 nitrogen and oxygen atoms in total. The van der Waals surface area contributed by atoms with Gasteiger partial charge in [-0.25, -0.2) is 4.39 Å². The van der Waals surface area contributed by atoms with E-state index in [9.17, 15) is 4.39 Å². The Morgan fingerprint density at radius 3 is 2.53 bits per heavy atom. The molecule has 2 aromatic rings. The van der Waals surface area contributed by atoms with Crippen LogP contribution in [0.25, 0.3) is 0 Å². The SMILES string of the molecule is CNC(c1cc(C)ccc1F)c1ccccc1OC. The lowest BCUT2D eigenvalue weighted by molar-refractivity contribution is 0.404. The van der Waals surface area contributed by atoms with E-state index in [4.69, 9.17) is 4.74 Å². The van der Waals surface area contributed by atoms with Crippen LogP contribution in [0.1, 0.15) is 22.7 Å². The van der Waals surface area contributed by atoms with Crippen molar-refractivity contribution in [3.63, 3.8) is 0 Å². The molecule has 0 aromatic heterocycles. The van der Waals surface area contributed by atoms with Gasteiger partial charge >= 0.3 is 0 Å². The van der Waals surface area contributed by atoms with Gasteiger partial charge in [0, 0.05) is 11.1 Å². The third-order valence-electron chi connectivity index (χ3n) is 3.20. The van der Waals surface area contributed by atoms with Crippen molar-refractivity contribution in [3.8, 4) is 5.75 Å². The molecule has 3 heteroatoms. The highest BCUT2D eigenvalue weighted by atomic mass is 19.1. The van der Waals surface area contributed by atoms with Crippen molar-refractivity contribution in [2.45, 2.75) is 13.0 Å². The molecule has 100 valence electrons. The van der Waals surface area contributed by atoms with Crippen LogP contribution in [-0.2, 0) is 0 Å². The van der Waals surface area contributed by atoms with Gasteiger partial charge in [-0.2, -0.15) is 0 Å². The molecule has 0 amide bonds. The molecule has 0 aliphatic carbocycles. The molecule has 1 N–H and O–H groups in total. The van der Waals surface area contributed by atoms with E-state index in [1.54, 1.807) is 13.2 Å². The van der Waals surface area contributed by atoms with E-state index in [0.717, 1.165) is 16.9 Å². The maximum atomic E-state index is 14.0. The minimum atomic E-state index is -0.226. The summed E-state index contributed by atoms with van der Waals surface area (Å²) in [5.41, 5.74) is 2.59. The maximum Gasteiger partial charge on any atom is 0.128 e. The van der Waals surface area contributed by atoms with Crippen LogP contribution in [0.4, 0.5) is 4.39 Å². The van der Waals surface area contributed by atoms with Crippen molar-refractivity contribution in [2.75, 3.05) is 14.2 Å². The minimum Gasteiger partial charge on any atom is -0.496 e. The van der Waals surface area contributed by atoms with Gasteiger partial charge in [-0.3, -0.25) is 0 Å². The molecule has 2 aromatic carbocycles. The monoisotopic (exact) mass is 259 g/mol. The van der Waals surface area contributed by atoms with Crippen molar-refractivity contribution >= 4 is 0 Å². The average Bonchev–Trinajstić information content (AvgIpc) is 2.44. The van der Waals surface area contributed by atoms with E-state index < -0.39 is 0 Å². The van der Waals surface area contributed by atoms with Gasteiger partial charge in [0.1, 0.15) is 11.6 Å². The Morgan fingerprint density at radius 1 is 1.11 bits per heavy atom. The average molecular weight is 259 g/mol. The van der Waals surface area contributed by atoms with E-state index in [1.807, 2.05) is 44.3 Å². The fourth-order valence-corrected chi connectivity index (χ4v) is 2.27. The lowest BCUT2D eigenvalue weighted by Crippen LogP contribution is -2.19. The van der Waals surface area contributed by atoms with Gasteiger partial charge in [0.05, 0.1) is 13.2 Å². The second-order valence-corrected chi connectivity index (χ2v) is 4.49. The van der Waals surface area contributed by atoms with Gasteiger partial charge in [-0.1, -0.05) is 35.9 Å². The van der Waals surface area contributed by atoms with Crippen molar-refractivity contribution in [3.05, 3.63) is 65.0 Å². The summed E-state index contributed by atoms with van der Waals surface area (Å²) in [5.74, 6) is 0.540. The number of hydrogen-bond acceptors (Lipinski definition) is 2. The number of hydrogen-bond donors (Lipinski definition) is 1. The summed E-state index contributed by atoms with van der Waals surface area (Å²) in [6.45, 7) is 1.96. The molecule has 0 fully saturated rings. The minimum absolute atomic E-state index is 0.212. The lowest BCUT2D eigenvalue weighted by Gasteiger charge is -2.20. The summed E-state index contributed by atoms with van der Waals surface area (Å²) in [6.07, 6.45) is 0. The highest BCUT2D eigenvalue weighted by molar-refractivity contribution is 5.42. The Kier molecular flexibility index (Phi) is 4.17. The fraction of sp³-hybridized carbons (Fsp3) is 0.250. The Balaban J connectivity index is 2.53. The van der Waals surface area contributed by atoms with Gasteiger partial charge in [-0.05, 0) is 26.1 Å². The molecule has 0 radical (unpaired) electrons. The molecule has 1 unspecified atom stereocenters. The zero-order valence-electron chi connectivity index (χ0n) is 11.4. The summed E-state index contributed by atoms with van der Waals surface area (Å²) in [4.78, 5) is 0. The first-order valence-electron chi connectivity index (χ1n) is 6.23. The lowest BCUT2D eigenvalue weighted by atomic mass is 9.96. The first-order chi connectivity index (χ1) is 9.17. The second kappa shape index (κ2) is 5.85. The van der Waals surface area contributed by atoms with Gasteiger partial charge in [0.2, 0.25) is 0 Å². The van der Waals surface area contributed by atoms with E-state index in [-0.39, 0.29) is 11.9 Å². The van der Waals surface area contributed by atoms with Crippen LogP contribution in [0.5, 0.6) is 5.75 Å². The van der Waals surface area contributed by atoms with Crippen molar-refractivity contribution in [1.29, 1.82) is 0 Å². The van der Waals surface area contributed by atoms with E-state index in [2.05, 4.69) is 5.32 Å². The molecule has 0 heterocycles. The highest BCUT2D eigenvalue weighted by Crippen LogP contribution is 2.31. The summed E-state index contributed by atoms with van der Waals surface area (Å²) in [6, 6.07) is 12.6. The summed E-state index contributed by atoms with van der Waals surface area (Å²) in [5, 5.41) is 3.16. The number of benzene rings is 2. The number of para-hydroxylation sites is 1. The molecule has 0 aliphatic heterocycles. The Hall–Kier alpha value is -1.87. The Morgan fingerprint density at radius 2 is 1.84 bits per heavy atom. The third kappa shape index (κ3) is 2.76. The predicted octanol–water partition coefficient (Wildman–Crippen LogP) is 3.45. The normalized spacial score (nSPS) is 12.2. The topological polar surface area (TPSA) is 21.3 Å². The number of halogens is 1. The first-order valence-corrected chi connectivity index (χ1v) is 6.23. The van der Waals surface area contributed by atoms with Crippen LogP contribution in [-0.4, -0.2) is 14.2 Å². The van der Waals surface area contributed by atoms with E-state index in [1.165, 1.54) is 6.07 Å². The number of methoxy groups -OCH3 is 1. The van der Waals surface area contributed by atoms with E-state index >= 15 is 0 Å². The van der Waals surface area contributed by atoms with Crippen molar-refractivity contribution in [1.82, 2.24) is 5.32 Å². The molecule has 0 saturated carbocycles. The summed E-state index contributed by atoms with van der Waals surface area (Å²) >= 11 is 0. The number of ether oxygens (including phenoxy) is 1. The standard InChI is InChI=1S/C16H18FNO/c1-11-8-9-14(17)13(10-11)16(18-2)12-6-4-5-7-15(12)19-3/h4-10,16,18H,1-3H3. The molecule has 0 saturated heterocycles. The molecule has 1 atom stereocenters. The third-order valence-corrected chi connectivity index (χ3v) is 3.20. The van der Waals surface area contributed by atoms with Crippen molar-refractivity contribution < 1.29 is 9.13 Å². The maximum absolute atomic E-state index is 14.0. The largest absolute Gasteiger partial charge is 0.496 e. The van der Waals surface area contributed by atoms with Gasteiger partial charge in [0.15, 0.2) is 0 Å².